The molecule has 1 spiro atoms. The number of ether oxygens (including phenoxy) is 1. The molecular formula is C22H30N4O2. The Morgan fingerprint density at radius 2 is 2.11 bits per heavy atom. The number of carbonyl (C=O) groups excluding carboxylic acids is 1. The Bertz CT molecular complexity index is 797. The number of nitrogens with zero attached hydrogens (tertiary/aromatic N) is 3. The number of fused-ring (bicyclic) bond motifs is 1. The van der Waals surface area contributed by atoms with Gasteiger partial charge in [0.15, 0.2) is 0 Å². The molecule has 1 fully saturated rings. The topological polar surface area (TPSA) is 59.4 Å². The molecule has 6 heteroatoms. The molecule has 2 heterocycles. The molecule has 1 aromatic heterocycles. The van der Waals surface area contributed by atoms with E-state index in [9.17, 15) is 4.79 Å². The van der Waals surface area contributed by atoms with Gasteiger partial charge in [0.2, 0.25) is 5.91 Å². The molecule has 28 heavy (non-hydrogen) atoms. The first kappa shape index (κ1) is 19.0. The first-order valence-corrected chi connectivity index (χ1v) is 10.3. The van der Waals surface area contributed by atoms with Crippen molar-refractivity contribution in [3.05, 3.63) is 48.3 Å². The summed E-state index contributed by atoms with van der Waals surface area (Å²) in [6, 6.07) is 10.6. The summed E-state index contributed by atoms with van der Waals surface area (Å²) in [6.45, 7) is 3.85. The van der Waals surface area contributed by atoms with Crippen LogP contribution in [0, 0.1) is 5.92 Å². The van der Waals surface area contributed by atoms with Crippen molar-refractivity contribution in [3.63, 3.8) is 0 Å². The van der Waals surface area contributed by atoms with Gasteiger partial charge >= 0.3 is 0 Å². The highest BCUT2D eigenvalue weighted by Gasteiger charge is 2.42. The molecule has 1 aliphatic carbocycles. The predicted molar refractivity (Wildman–Crippen MR) is 108 cm³/mol. The second-order valence-corrected chi connectivity index (χ2v) is 8.28. The Kier molecular flexibility index (Phi) is 5.40. The number of carbonyl (C=O) groups is 1. The zero-order valence-electron chi connectivity index (χ0n) is 16.8. The molecule has 1 atom stereocenters. The number of hydrogen-bond acceptors (Lipinski definition) is 4. The van der Waals surface area contributed by atoms with Gasteiger partial charge in [0, 0.05) is 30.5 Å². The first-order valence-electron chi connectivity index (χ1n) is 10.3. The van der Waals surface area contributed by atoms with E-state index in [0.717, 1.165) is 37.0 Å². The molecule has 4 rings (SSSR count). The summed E-state index contributed by atoms with van der Waals surface area (Å²) in [7, 11) is 2.03. The highest BCUT2D eigenvalue weighted by Crippen LogP contribution is 2.38. The van der Waals surface area contributed by atoms with E-state index in [4.69, 9.17) is 4.74 Å². The lowest BCUT2D eigenvalue weighted by Gasteiger charge is -2.41. The highest BCUT2D eigenvalue weighted by molar-refractivity contribution is 5.78. The molecule has 1 aromatic carbocycles. The second-order valence-electron chi connectivity index (χ2n) is 8.28. The fraction of sp³-hybridized carbons (Fsp3) is 0.545. The van der Waals surface area contributed by atoms with Crippen LogP contribution in [0.3, 0.4) is 0 Å². The van der Waals surface area contributed by atoms with Crippen LogP contribution in [-0.4, -0.2) is 45.8 Å². The van der Waals surface area contributed by atoms with Gasteiger partial charge in [-0.1, -0.05) is 25.1 Å². The fourth-order valence-corrected chi connectivity index (χ4v) is 4.54. The smallest absolute Gasteiger partial charge is 0.227 e. The molecule has 1 saturated carbocycles. The molecule has 1 unspecified atom stereocenters. The van der Waals surface area contributed by atoms with Crippen LogP contribution in [0.5, 0.6) is 5.75 Å². The van der Waals surface area contributed by atoms with Crippen LogP contribution < -0.4 is 10.1 Å². The van der Waals surface area contributed by atoms with Crippen LogP contribution in [0.2, 0.25) is 0 Å². The Hall–Kier alpha value is -2.34. The van der Waals surface area contributed by atoms with Gasteiger partial charge in [-0.25, -0.2) is 0 Å². The van der Waals surface area contributed by atoms with Gasteiger partial charge in [0.1, 0.15) is 11.4 Å². The van der Waals surface area contributed by atoms with E-state index in [1.807, 2.05) is 54.0 Å². The molecule has 0 radical (unpaired) electrons. The van der Waals surface area contributed by atoms with E-state index in [1.54, 1.807) is 6.20 Å². The van der Waals surface area contributed by atoms with E-state index >= 15 is 0 Å². The number of aromatic nitrogens is 2. The number of amides is 1. The van der Waals surface area contributed by atoms with Crippen LogP contribution in [0.4, 0.5) is 0 Å². The van der Waals surface area contributed by atoms with E-state index in [1.165, 1.54) is 0 Å². The van der Waals surface area contributed by atoms with Crippen molar-refractivity contribution in [1.82, 2.24) is 20.0 Å². The van der Waals surface area contributed by atoms with Crippen molar-refractivity contribution in [2.45, 2.75) is 57.3 Å². The van der Waals surface area contributed by atoms with Crippen molar-refractivity contribution >= 4 is 5.91 Å². The molecular weight excluding hydrogens is 352 g/mol. The minimum absolute atomic E-state index is 0.129. The minimum atomic E-state index is -0.291. The van der Waals surface area contributed by atoms with E-state index in [2.05, 4.69) is 16.5 Å². The molecule has 6 nitrogen and oxygen atoms in total. The van der Waals surface area contributed by atoms with E-state index < -0.39 is 0 Å². The van der Waals surface area contributed by atoms with Gasteiger partial charge in [0.05, 0.1) is 19.0 Å². The first-order chi connectivity index (χ1) is 13.6. The minimum Gasteiger partial charge on any atom is -0.485 e. The summed E-state index contributed by atoms with van der Waals surface area (Å²) in [4.78, 5) is 15.4. The van der Waals surface area contributed by atoms with Gasteiger partial charge in [-0.3, -0.25) is 9.48 Å². The van der Waals surface area contributed by atoms with Gasteiger partial charge in [-0.2, -0.15) is 5.10 Å². The third kappa shape index (κ3) is 3.92. The van der Waals surface area contributed by atoms with Gasteiger partial charge in [0.25, 0.3) is 0 Å². The lowest BCUT2D eigenvalue weighted by molar-refractivity contribution is -0.139. The second kappa shape index (κ2) is 7.95. The van der Waals surface area contributed by atoms with Gasteiger partial charge in [-0.15, -0.1) is 0 Å². The molecule has 1 N–H and O–H groups in total. The van der Waals surface area contributed by atoms with Gasteiger partial charge < -0.3 is 15.0 Å². The molecule has 0 bridgehead atoms. The Labute approximate surface area is 166 Å². The standard InChI is InChI=1S/C22H30N4O2/c1-17(14-26-13-5-12-24-26)21(27)25-15-18-6-3-4-7-20(18)28-22(16-25)10-8-19(23-2)9-11-22/h3-7,12-13,17,19,23H,8-11,14-16H2,1-2H3. The van der Waals surface area contributed by atoms with Crippen molar-refractivity contribution in [3.8, 4) is 5.75 Å². The SMILES string of the molecule is CNC1CCC2(CC1)CN(C(=O)C(C)Cn1cccn1)Cc1ccccc1O2. The summed E-state index contributed by atoms with van der Waals surface area (Å²) in [5, 5.41) is 7.65. The molecule has 150 valence electrons. The van der Waals surface area contributed by atoms with Crippen LogP contribution in [0.25, 0.3) is 0 Å². The average molecular weight is 383 g/mol. The van der Waals surface area contributed by atoms with Crippen molar-refractivity contribution in [2.75, 3.05) is 13.6 Å². The molecule has 1 aliphatic heterocycles. The lowest BCUT2D eigenvalue weighted by Crippen LogP contribution is -2.52. The molecule has 1 amide bonds. The Morgan fingerprint density at radius 3 is 2.82 bits per heavy atom. The maximum absolute atomic E-state index is 13.4. The van der Waals surface area contributed by atoms with Crippen LogP contribution in [0.1, 0.15) is 38.2 Å². The molecule has 2 aromatic rings. The zero-order chi connectivity index (χ0) is 19.6. The third-order valence-corrected chi connectivity index (χ3v) is 6.20. The van der Waals surface area contributed by atoms with E-state index in [0.29, 0.717) is 25.7 Å². The van der Waals surface area contributed by atoms with Crippen molar-refractivity contribution < 1.29 is 9.53 Å². The average Bonchev–Trinajstić information content (AvgIpc) is 3.16. The van der Waals surface area contributed by atoms with E-state index in [-0.39, 0.29) is 17.4 Å². The Morgan fingerprint density at radius 1 is 1.32 bits per heavy atom. The van der Waals surface area contributed by atoms with Crippen LogP contribution in [0.15, 0.2) is 42.7 Å². The lowest BCUT2D eigenvalue weighted by atomic mass is 9.81. The maximum Gasteiger partial charge on any atom is 0.227 e. The normalized spacial score (nSPS) is 25.6. The Balaban J connectivity index is 1.57. The number of rotatable bonds is 4. The number of hydrogen-bond donors (Lipinski definition) is 1. The summed E-state index contributed by atoms with van der Waals surface area (Å²) in [6.07, 6.45) is 7.73. The zero-order valence-corrected chi connectivity index (χ0v) is 16.8. The third-order valence-electron chi connectivity index (χ3n) is 6.20. The van der Waals surface area contributed by atoms with Gasteiger partial charge in [-0.05, 0) is 44.9 Å². The van der Waals surface area contributed by atoms with Crippen LogP contribution in [-0.2, 0) is 17.9 Å². The predicted octanol–water partition coefficient (Wildman–Crippen LogP) is 2.84. The fourth-order valence-electron chi connectivity index (χ4n) is 4.54. The summed E-state index contributed by atoms with van der Waals surface area (Å²) in [5.41, 5.74) is 0.802. The summed E-state index contributed by atoms with van der Waals surface area (Å²) < 4.78 is 8.44. The summed E-state index contributed by atoms with van der Waals surface area (Å²) in [5.74, 6) is 0.974. The highest BCUT2D eigenvalue weighted by atomic mass is 16.5. The van der Waals surface area contributed by atoms with Crippen molar-refractivity contribution in [1.29, 1.82) is 0 Å². The summed E-state index contributed by atoms with van der Waals surface area (Å²) >= 11 is 0. The monoisotopic (exact) mass is 382 g/mol. The van der Waals surface area contributed by atoms with Crippen molar-refractivity contribution in [2.24, 2.45) is 5.92 Å². The number of benzene rings is 1. The number of nitrogens with one attached hydrogen (secondary N) is 1. The quantitative estimate of drug-likeness (QED) is 0.883. The van der Waals surface area contributed by atoms with Crippen LogP contribution >= 0.6 is 0 Å². The molecule has 2 aliphatic rings. The maximum atomic E-state index is 13.4. The number of para-hydroxylation sites is 1. The largest absolute Gasteiger partial charge is 0.485 e. The molecule has 0 saturated heterocycles.